The Kier molecular flexibility index (Phi) is 4.53. The molecule has 0 heterocycles. The summed E-state index contributed by atoms with van der Waals surface area (Å²) in [5.74, 6) is -0.183. The Morgan fingerprint density at radius 1 is 0.700 bits per heavy atom. The van der Waals surface area contributed by atoms with Gasteiger partial charge >= 0.3 is 0 Å². The molecular formula is C20H24N2O6S2. The fraction of sp³-hybridized carbons (Fsp3) is 0.400. The van der Waals surface area contributed by atoms with Crippen LogP contribution in [0.1, 0.15) is 61.8 Å². The summed E-state index contributed by atoms with van der Waals surface area (Å²) in [7, 11) is -8.06. The molecule has 8 nitrogen and oxygen atoms in total. The third kappa shape index (κ3) is 2.72. The second kappa shape index (κ2) is 6.35. The van der Waals surface area contributed by atoms with Crippen LogP contribution in [-0.4, -0.2) is 27.3 Å². The van der Waals surface area contributed by atoms with E-state index in [1.54, 1.807) is 24.3 Å². The molecule has 2 aliphatic carbocycles. The van der Waals surface area contributed by atoms with Crippen molar-refractivity contribution < 1.29 is 27.3 Å². The van der Waals surface area contributed by atoms with E-state index in [0.717, 1.165) is 22.3 Å². The van der Waals surface area contributed by atoms with Crippen LogP contribution in [0.4, 0.5) is 0 Å². The number of sulfonamides is 2. The van der Waals surface area contributed by atoms with Crippen LogP contribution >= 0.6 is 0 Å². The van der Waals surface area contributed by atoms with Gasteiger partial charge in [-0.15, -0.1) is 0 Å². The molecule has 0 fully saturated rings. The maximum absolute atomic E-state index is 12.2. The largest absolute Gasteiger partial charge is 0.302 e. The Hall–Kier alpha value is -1.82. The first-order valence-corrected chi connectivity index (χ1v) is 12.4. The standard InChI is InChI=1S/C20H24N2O6S2/c1-19(2)15-7-5-11(29(25,26)21-23)9-13(15)18-17(19)14-10-12(30(27,28)22-24)6-8-16(14)20(18,3)4/h5-10,17-18,21-24H,1-4H3. The van der Waals surface area contributed by atoms with Gasteiger partial charge in [-0.05, 0) is 57.3 Å². The molecule has 162 valence electrons. The molecule has 0 aliphatic heterocycles. The Balaban J connectivity index is 1.97. The van der Waals surface area contributed by atoms with E-state index >= 15 is 0 Å². The predicted molar refractivity (Wildman–Crippen MR) is 109 cm³/mol. The fourth-order valence-corrected chi connectivity index (χ4v) is 6.78. The van der Waals surface area contributed by atoms with Crippen molar-refractivity contribution in [2.45, 2.75) is 60.2 Å². The first kappa shape index (κ1) is 21.4. The number of fused-ring (bicyclic) bond motifs is 5. The molecule has 4 rings (SSSR count). The summed E-state index contributed by atoms with van der Waals surface area (Å²) >= 11 is 0. The molecule has 2 atom stereocenters. The molecule has 0 aromatic heterocycles. The zero-order valence-electron chi connectivity index (χ0n) is 17.0. The number of hydrogen-bond acceptors (Lipinski definition) is 6. The van der Waals surface area contributed by atoms with Crippen molar-refractivity contribution in [3.05, 3.63) is 58.7 Å². The second-order valence-corrected chi connectivity index (χ2v) is 12.4. The van der Waals surface area contributed by atoms with Gasteiger partial charge in [-0.3, -0.25) is 0 Å². The van der Waals surface area contributed by atoms with Gasteiger partial charge in [0, 0.05) is 11.8 Å². The molecule has 2 unspecified atom stereocenters. The number of benzene rings is 2. The molecular weight excluding hydrogens is 428 g/mol. The van der Waals surface area contributed by atoms with Crippen molar-refractivity contribution in [3.63, 3.8) is 0 Å². The van der Waals surface area contributed by atoms with Crippen LogP contribution in [-0.2, 0) is 30.9 Å². The lowest BCUT2D eigenvalue weighted by atomic mass is 9.72. The van der Waals surface area contributed by atoms with Gasteiger partial charge in [-0.25, -0.2) is 16.8 Å². The normalized spacial score (nSPS) is 23.7. The van der Waals surface area contributed by atoms with Crippen LogP contribution in [0.15, 0.2) is 46.2 Å². The summed E-state index contributed by atoms with van der Waals surface area (Å²) in [6, 6.07) is 9.66. The van der Waals surface area contributed by atoms with Crippen LogP contribution in [0.5, 0.6) is 0 Å². The van der Waals surface area contributed by atoms with E-state index in [2.05, 4.69) is 27.7 Å². The van der Waals surface area contributed by atoms with E-state index in [1.807, 2.05) is 0 Å². The lowest BCUT2D eigenvalue weighted by molar-refractivity contribution is 0.242. The summed E-state index contributed by atoms with van der Waals surface area (Å²) in [6.45, 7) is 8.24. The maximum Gasteiger partial charge on any atom is 0.262 e. The van der Waals surface area contributed by atoms with E-state index in [1.165, 1.54) is 21.9 Å². The Labute approximate surface area is 176 Å². The average molecular weight is 453 g/mol. The number of nitrogens with one attached hydrogen (secondary N) is 2. The molecule has 10 heteroatoms. The molecule has 0 amide bonds. The van der Waals surface area contributed by atoms with Gasteiger partial charge in [-0.2, -0.15) is 0 Å². The minimum atomic E-state index is -4.03. The molecule has 0 radical (unpaired) electrons. The monoisotopic (exact) mass is 452 g/mol. The third-order valence-corrected chi connectivity index (χ3v) is 9.08. The van der Waals surface area contributed by atoms with Crippen LogP contribution < -0.4 is 9.77 Å². The molecule has 2 aromatic carbocycles. The van der Waals surface area contributed by atoms with Crippen LogP contribution in [0.3, 0.4) is 0 Å². The van der Waals surface area contributed by atoms with Crippen molar-refractivity contribution in [2.24, 2.45) is 0 Å². The summed E-state index contributed by atoms with van der Waals surface area (Å²) in [5, 5.41) is 18.1. The molecule has 2 aromatic rings. The quantitative estimate of drug-likeness (QED) is 0.527. The molecule has 30 heavy (non-hydrogen) atoms. The van der Waals surface area contributed by atoms with Crippen molar-refractivity contribution in [1.82, 2.24) is 9.77 Å². The first-order valence-electron chi connectivity index (χ1n) is 9.39. The zero-order valence-corrected chi connectivity index (χ0v) is 18.6. The number of rotatable bonds is 4. The predicted octanol–water partition coefficient (Wildman–Crippen LogP) is 2.47. The maximum atomic E-state index is 12.2. The van der Waals surface area contributed by atoms with E-state index in [-0.39, 0.29) is 21.6 Å². The van der Waals surface area contributed by atoms with Crippen LogP contribution in [0.25, 0.3) is 0 Å². The zero-order chi connectivity index (χ0) is 22.3. The summed E-state index contributed by atoms with van der Waals surface area (Å²) < 4.78 is 48.7. The van der Waals surface area contributed by atoms with Gasteiger partial charge < -0.3 is 10.4 Å². The molecule has 0 bridgehead atoms. The van der Waals surface area contributed by atoms with Gasteiger partial charge in [0.1, 0.15) is 0 Å². The van der Waals surface area contributed by atoms with E-state index in [9.17, 15) is 16.8 Å². The van der Waals surface area contributed by atoms with Gasteiger partial charge in [0.15, 0.2) is 0 Å². The average Bonchev–Trinajstić information content (AvgIpc) is 3.09. The van der Waals surface area contributed by atoms with Crippen molar-refractivity contribution in [2.75, 3.05) is 0 Å². The lowest BCUT2D eigenvalue weighted by Crippen LogP contribution is -2.25. The highest BCUT2D eigenvalue weighted by Crippen LogP contribution is 2.67. The van der Waals surface area contributed by atoms with E-state index in [4.69, 9.17) is 10.4 Å². The molecule has 0 saturated carbocycles. The Morgan fingerprint density at radius 2 is 1.03 bits per heavy atom. The van der Waals surface area contributed by atoms with Gasteiger partial charge in [0.05, 0.1) is 9.79 Å². The Morgan fingerprint density at radius 3 is 1.33 bits per heavy atom. The minimum Gasteiger partial charge on any atom is -0.302 e. The summed E-state index contributed by atoms with van der Waals surface area (Å²) in [5.41, 5.74) is 2.92. The summed E-state index contributed by atoms with van der Waals surface area (Å²) in [6.07, 6.45) is 0. The highest BCUT2D eigenvalue weighted by molar-refractivity contribution is 7.89. The third-order valence-electron chi connectivity index (χ3n) is 6.85. The summed E-state index contributed by atoms with van der Waals surface area (Å²) in [4.78, 5) is 2.69. The molecule has 4 N–H and O–H groups in total. The number of hydrogen-bond donors (Lipinski definition) is 4. The van der Waals surface area contributed by atoms with Crippen LogP contribution in [0, 0.1) is 0 Å². The highest BCUT2D eigenvalue weighted by Gasteiger charge is 2.58. The van der Waals surface area contributed by atoms with E-state index < -0.39 is 30.9 Å². The highest BCUT2D eigenvalue weighted by atomic mass is 32.2. The first-order chi connectivity index (χ1) is 13.8. The molecule has 0 saturated heterocycles. The second-order valence-electron chi connectivity index (χ2n) is 9.09. The topological polar surface area (TPSA) is 133 Å². The van der Waals surface area contributed by atoms with Crippen molar-refractivity contribution in [1.29, 1.82) is 0 Å². The lowest BCUT2D eigenvalue weighted by Gasteiger charge is -2.31. The van der Waals surface area contributed by atoms with Gasteiger partial charge in [-0.1, -0.05) is 49.6 Å². The molecule has 2 aliphatic rings. The van der Waals surface area contributed by atoms with Crippen molar-refractivity contribution in [3.8, 4) is 0 Å². The minimum absolute atomic E-state index is 0.0281. The SMILES string of the molecule is CC1(C)c2ccc(S(=O)(=O)NO)cc2C2C1c1cc(S(=O)(=O)NO)ccc1C2(C)C. The van der Waals surface area contributed by atoms with E-state index in [0.29, 0.717) is 0 Å². The Bertz CT molecular complexity index is 1170. The fourth-order valence-electron chi connectivity index (χ4n) is 5.51. The van der Waals surface area contributed by atoms with Gasteiger partial charge in [0.2, 0.25) is 0 Å². The van der Waals surface area contributed by atoms with Crippen LogP contribution in [0.2, 0.25) is 0 Å². The van der Waals surface area contributed by atoms with Crippen molar-refractivity contribution >= 4 is 20.0 Å². The smallest absolute Gasteiger partial charge is 0.262 e. The molecule has 0 spiro atoms. The van der Waals surface area contributed by atoms with Gasteiger partial charge in [0.25, 0.3) is 20.0 Å².